The van der Waals surface area contributed by atoms with E-state index in [0.717, 1.165) is 42.3 Å². The van der Waals surface area contributed by atoms with Crippen molar-refractivity contribution in [3.8, 4) is 12.3 Å². The second-order valence-corrected chi connectivity index (χ2v) is 5.85. The molecule has 3 rings (SSSR count). The number of hydrogen-bond donors (Lipinski definition) is 1. The number of nitrogens with one attached hydrogen (secondary N) is 1. The van der Waals surface area contributed by atoms with Gasteiger partial charge in [0.2, 0.25) is 0 Å². The molecule has 24 heavy (non-hydrogen) atoms. The molecule has 0 saturated carbocycles. The Labute approximate surface area is 141 Å². The molecule has 1 aliphatic heterocycles. The molecule has 1 aromatic carbocycles. The largest absolute Gasteiger partial charge is 0.361 e. The molecule has 1 N–H and O–H groups in total. The summed E-state index contributed by atoms with van der Waals surface area (Å²) >= 11 is 0. The zero-order valence-electron chi connectivity index (χ0n) is 13.7. The van der Waals surface area contributed by atoms with E-state index < -0.39 is 0 Å². The van der Waals surface area contributed by atoms with Crippen LogP contribution in [0, 0.1) is 19.3 Å². The zero-order valence-corrected chi connectivity index (χ0v) is 13.7. The fourth-order valence-electron chi connectivity index (χ4n) is 2.72. The van der Waals surface area contributed by atoms with Crippen molar-refractivity contribution < 1.29 is 9.32 Å². The van der Waals surface area contributed by atoms with Gasteiger partial charge in [-0.1, -0.05) is 17.1 Å². The second-order valence-electron chi connectivity index (χ2n) is 5.85. The Hall–Kier alpha value is -2.78. The van der Waals surface area contributed by atoms with Gasteiger partial charge in [0.1, 0.15) is 5.76 Å². The summed E-state index contributed by atoms with van der Waals surface area (Å²) in [6.07, 6.45) is 5.38. The molecule has 1 aromatic heterocycles. The van der Waals surface area contributed by atoms with Crippen LogP contribution in [0.5, 0.6) is 0 Å². The van der Waals surface area contributed by atoms with Crippen molar-refractivity contribution in [3.63, 3.8) is 0 Å². The predicted molar refractivity (Wildman–Crippen MR) is 91.5 cm³/mol. The van der Waals surface area contributed by atoms with Gasteiger partial charge >= 0.3 is 6.03 Å². The highest BCUT2D eigenvalue weighted by atomic mass is 16.5. The molecule has 0 bridgehead atoms. The topological polar surface area (TPSA) is 61.6 Å². The first-order chi connectivity index (χ1) is 11.6. The Balaban J connectivity index is 1.50. The smallest absolute Gasteiger partial charge is 0.321 e. The van der Waals surface area contributed by atoms with Crippen molar-refractivity contribution in [2.75, 3.05) is 31.5 Å². The standard InChI is InChI=1S/C18H20N4O2/c1-3-15-5-4-6-16(12-15)19-18(23)22-9-7-21(8-10-22)13-17-11-14(2)24-20-17/h1,4-6,11-12H,7-10,13H2,2H3,(H,19,23). The summed E-state index contributed by atoms with van der Waals surface area (Å²) in [5.74, 6) is 3.38. The number of amides is 2. The van der Waals surface area contributed by atoms with Crippen LogP contribution in [0.2, 0.25) is 0 Å². The number of aromatic nitrogens is 1. The van der Waals surface area contributed by atoms with E-state index in [4.69, 9.17) is 10.9 Å². The number of hydrogen-bond acceptors (Lipinski definition) is 4. The van der Waals surface area contributed by atoms with Crippen LogP contribution in [-0.4, -0.2) is 47.2 Å². The molecule has 124 valence electrons. The summed E-state index contributed by atoms with van der Waals surface area (Å²) in [7, 11) is 0. The van der Waals surface area contributed by atoms with Gasteiger partial charge in [0, 0.05) is 50.0 Å². The van der Waals surface area contributed by atoms with Crippen LogP contribution >= 0.6 is 0 Å². The van der Waals surface area contributed by atoms with E-state index in [2.05, 4.69) is 21.3 Å². The van der Waals surface area contributed by atoms with E-state index in [1.165, 1.54) is 0 Å². The summed E-state index contributed by atoms with van der Waals surface area (Å²) < 4.78 is 5.09. The molecule has 1 fully saturated rings. The van der Waals surface area contributed by atoms with E-state index in [-0.39, 0.29) is 6.03 Å². The molecule has 2 aromatic rings. The molecule has 1 aliphatic rings. The Morgan fingerprint density at radius 1 is 1.33 bits per heavy atom. The van der Waals surface area contributed by atoms with Gasteiger partial charge in [0.05, 0.1) is 5.69 Å². The number of piperazine rings is 1. The average Bonchev–Trinajstić information content (AvgIpc) is 3.00. The maximum absolute atomic E-state index is 12.4. The van der Waals surface area contributed by atoms with Crippen LogP contribution in [-0.2, 0) is 6.54 Å². The van der Waals surface area contributed by atoms with Crippen molar-refractivity contribution in [1.29, 1.82) is 0 Å². The fraction of sp³-hybridized carbons (Fsp3) is 0.333. The van der Waals surface area contributed by atoms with Crippen LogP contribution in [0.1, 0.15) is 17.0 Å². The number of benzene rings is 1. The van der Waals surface area contributed by atoms with Crippen molar-refractivity contribution >= 4 is 11.7 Å². The number of carbonyl (C=O) groups excluding carboxylic acids is 1. The Bertz CT molecular complexity index is 754. The Kier molecular flexibility index (Phi) is 4.82. The lowest BCUT2D eigenvalue weighted by Gasteiger charge is -2.34. The highest BCUT2D eigenvalue weighted by Crippen LogP contribution is 2.13. The summed E-state index contributed by atoms with van der Waals surface area (Å²) in [4.78, 5) is 16.4. The van der Waals surface area contributed by atoms with E-state index in [1.54, 1.807) is 6.07 Å². The average molecular weight is 324 g/mol. The highest BCUT2D eigenvalue weighted by molar-refractivity contribution is 5.89. The normalized spacial score (nSPS) is 15.1. The molecule has 0 spiro atoms. The zero-order chi connectivity index (χ0) is 16.9. The monoisotopic (exact) mass is 324 g/mol. The van der Waals surface area contributed by atoms with Crippen molar-refractivity contribution in [2.45, 2.75) is 13.5 Å². The number of nitrogens with zero attached hydrogens (tertiary/aromatic N) is 3. The summed E-state index contributed by atoms with van der Waals surface area (Å²) in [5, 5.41) is 6.91. The highest BCUT2D eigenvalue weighted by Gasteiger charge is 2.21. The summed E-state index contributed by atoms with van der Waals surface area (Å²) in [6, 6.07) is 9.14. The van der Waals surface area contributed by atoms with Crippen LogP contribution in [0.3, 0.4) is 0 Å². The summed E-state index contributed by atoms with van der Waals surface area (Å²) in [6.45, 7) is 5.60. The van der Waals surface area contributed by atoms with E-state index in [9.17, 15) is 4.79 Å². The fourth-order valence-corrected chi connectivity index (χ4v) is 2.72. The van der Waals surface area contributed by atoms with Crippen molar-refractivity contribution in [2.24, 2.45) is 0 Å². The van der Waals surface area contributed by atoms with Gasteiger partial charge in [-0.3, -0.25) is 4.90 Å². The van der Waals surface area contributed by atoms with Crippen LogP contribution in [0.15, 0.2) is 34.9 Å². The molecule has 0 radical (unpaired) electrons. The molecule has 6 nitrogen and oxygen atoms in total. The van der Waals surface area contributed by atoms with Crippen molar-refractivity contribution in [3.05, 3.63) is 47.3 Å². The van der Waals surface area contributed by atoms with Gasteiger partial charge in [0.15, 0.2) is 0 Å². The van der Waals surface area contributed by atoms with Crippen LogP contribution < -0.4 is 5.32 Å². The molecule has 0 unspecified atom stereocenters. The minimum atomic E-state index is -0.0962. The number of urea groups is 1. The SMILES string of the molecule is C#Cc1cccc(NC(=O)N2CCN(Cc3cc(C)on3)CC2)c1. The molecular weight excluding hydrogens is 304 g/mol. The maximum atomic E-state index is 12.4. The molecule has 2 amide bonds. The van der Waals surface area contributed by atoms with Gasteiger partial charge in [-0.15, -0.1) is 6.42 Å². The summed E-state index contributed by atoms with van der Waals surface area (Å²) in [5.41, 5.74) is 2.40. The van der Waals surface area contributed by atoms with E-state index >= 15 is 0 Å². The number of terminal acetylenes is 1. The van der Waals surface area contributed by atoms with E-state index in [0.29, 0.717) is 13.1 Å². The minimum absolute atomic E-state index is 0.0962. The van der Waals surface area contributed by atoms with Crippen molar-refractivity contribution in [1.82, 2.24) is 15.0 Å². The van der Waals surface area contributed by atoms with Gasteiger partial charge < -0.3 is 14.7 Å². The second kappa shape index (κ2) is 7.20. The number of anilines is 1. The first-order valence-corrected chi connectivity index (χ1v) is 7.91. The number of aryl methyl sites for hydroxylation is 1. The van der Waals surface area contributed by atoms with Crippen LogP contribution in [0.4, 0.5) is 10.5 Å². The number of rotatable bonds is 3. The molecule has 2 heterocycles. The molecule has 6 heteroatoms. The van der Waals surface area contributed by atoms with Gasteiger partial charge in [-0.2, -0.15) is 0 Å². The van der Waals surface area contributed by atoms with E-state index in [1.807, 2.05) is 36.1 Å². The maximum Gasteiger partial charge on any atom is 0.321 e. The molecule has 0 aliphatic carbocycles. The van der Waals surface area contributed by atoms with Crippen LogP contribution in [0.25, 0.3) is 0 Å². The lowest BCUT2D eigenvalue weighted by molar-refractivity contribution is 0.141. The first-order valence-electron chi connectivity index (χ1n) is 7.91. The molecular formula is C18H20N4O2. The third-order valence-electron chi connectivity index (χ3n) is 4.00. The van der Waals surface area contributed by atoms with Gasteiger partial charge in [-0.25, -0.2) is 4.79 Å². The van der Waals surface area contributed by atoms with Gasteiger partial charge in [0.25, 0.3) is 0 Å². The quantitative estimate of drug-likeness (QED) is 0.880. The predicted octanol–water partition coefficient (Wildman–Crippen LogP) is 2.31. The lowest BCUT2D eigenvalue weighted by atomic mass is 10.2. The number of carbonyl (C=O) groups is 1. The third kappa shape index (κ3) is 3.94. The first kappa shape index (κ1) is 16.1. The Morgan fingerprint density at radius 3 is 2.79 bits per heavy atom. The molecule has 1 saturated heterocycles. The third-order valence-corrected chi connectivity index (χ3v) is 4.00. The Morgan fingerprint density at radius 2 is 2.12 bits per heavy atom. The minimum Gasteiger partial charge on any atom is -0.361 e. The lowest BCUT2D eigenvalue weighted by Crippen LogP contribution is -2.49. The van der Waals surface area contributed by atoms with Gasteiger partial charge in [-0.05, 0) is 25.1 Å². The molecule has 0 atom stereocenters.